The molecule has 4 rings (SSSR count). The Kier molecular flexibility index (Phi) is 5.52. The molecule has 5 nitrogen and oxygen atoms in total. The van der Waals surface area contributed by atoms with Gasteiger partial charge in [0.1, 0.15) is 0 Å². The number of hydrogen-bond acceptors (Lipinski definition) is 5. The highest BCUT2D eigenvalue weighted by atomic mass is 16.5. The summed E-state index contributed by atoms with van der Waals surface area (Å²) in [6.45, 7) is 4.48. The van der Waals surface area contributed by atoms with Crippen molar-refractivity contribution in [2.24, 2.45) is 11.7 Å². The smallest absolute Gasteiger partial charge is 0.258 e. The number of aliphatic hydroxyl groups excluding tert-OH is 1. The number of hydrogen-bond donors (Lipinski definition) is 2. The van der Waals surface area contributed by atoms with Gasteiger partial charge in [0.2, 0.25) is 5.82 Å². The van der Waals surface area contributed by atoms with E-state index in [4.69, 9.17) is 10.3 Å². The Bertz CT molecular complexity index is 947. The largest absolute Gasteiger partial charge is 0.394 e. The fourth-order valence-corrected chi connectivity index (χ4v) is 4.20. The first-order valence-corrected chi connectivity index (χ1v) is 10.4. The molecule has 3 aromatic rings. The maximum absolute atomic E-state index is 9.48. The zero-order chi connectivity index (χ0) is 20.4. The number of nitrogens with zero attached hydrogens (tertiary/aromatic N) is 2. The highest BCUT2D eigenvalue weighted by molar-refractivity contribution is 5.60. The van der Waals surface area contributed by atoms with Gasteiger partial charge in [0.15, 0.2) is 0 Å². The van der Waals surface area contributed by atoms with Crippen LogP contribution in [-0.4, -0.2) is 27.4 Å². The molecule has 1 fully saturated rings. The summed E-state index contributed by atoms with van der Waals surface area (Å²) < 4.78 is 5.49. The molecule has 152 valence electrons. The summed E-state index contributed by atoms with van der Waals surface area (Å²) in [5, 5.41) is 13.6. The van der Waals surface area contributed by atoms with Crippen LogP contribution < -0.4 is 5.73 Å². The molecule has 0 amide bonds. The molecule has 0 saturated heterocycles. The predicted octanol–water partition coefficient (Wildman–Crippen LogP) is 4.56. The second-order valence-electron chi connectivity index (χ2n) is 8.80. The van der Waals surface area contributed by atoms with Gasteiger partial charge in [0, 0.05) is 16.7 Å². The number of nitrogens with two attached hydrogens (primary N) is 1. The topological polar surface area (TPSA) is 85.2 Å². The maximum atomic E-state index is 9.48. The van der Waals surface area contributed by atoms with Gasteiger partial charge in [0.25, 0.3) is 5.89 Å². The van der Waals surface area contributed by atoms with Crippen LogP contribution in [0.2, 0.25) is 0 Å². The lowest BCUT2D eigenvalue weighted by Crippen LogP contribution is -2.40. The van der Waals surface area contributed by atoms with E-state index in [0.717, 1.165) is 36.8 Å². The van der Waals surface area contributed by atoms with Gasteiger partial charge in [-0.25, -0.2) is 0 Å². The van der Waals surface area contributed by atoms with Crippen LogP contribution in [0.5, 0.6) is 0 Å². The molecule has 0 aliphatic heterocycles. The van der Waals surface area contributed by atoms with Gasteiger partial charge in [-0.05, 0) is 60.8 Å². The molecule has 29 heavy (non-hydrogen) atoms. The fourth-order valence-electron chi connectivity index (χ4n) is 4.20. The summed E-state index contributed by atoms with van der Waals surface area (Å²) in [5.41, 5.74) is 10.2. The van der Waals surface area contributed by atoms with Gasteiger partial charge in [-0.3, -0.25) is 0 Å². The molecule has 0 spiro atoms. The first kappa shape index (κ1) is 19.8. The van der Waals surface area contributed by atoms with Crippen molar-refractivity contribution in [2.75, 3.05) is 6.61 Å². The fraction of sp³-hybridized carbons (Fsp3) is 0.417. The second-order valence-corrected chi connectivity index (χ2v) is 8.80. The molecule has 0 bridgehead atoms. The third-order valence-corrected chi connectivity index (χ3v) is 5.87. The summed E-state index contributed by atoms with van der Waals surface area (Å²) in [4.78, 5) is 4.57. The Morgan fingerprint density at radius 1 is 1.10 bits per heavy atom. The molecule has 1 aliphatic rings. The van der Waals surface area contributed by atoms with Crippen molar-refractivity contribution in [2.45, 2.75) is 51.0 Å². The van der Waals surface area contributed by atoms with E-state index in [2.05, 4.69) is 48.3 Å². The third-order valence-electron chi connectivity index (χ3n) is 5.87. The normalized spacial score (nSPS) is 21.8. The number of aromatic nitrogens is 2. The van der Waals surface area contributed by atoms with E-state index in [1.807, 2.05) is 24.3 Å². The van der Waals surface area contributed by atoms with Crippen LogP contribution in [0.3, 0.4) is 0 Å². The summed E-state index contributed by atoms with van der Waals surface area (Å²) in [6, 6.07) is 16.6. The van der Waals surface area contributed by atoms with Crippen LogP contribution in [0.4, 0.5) is 0 Å². The van der Waals surface area contributed by atoms with Crippen molar-refractivity contribution in [3.05, 3.63) is 59.7 Å². The Morgan fingerprint density at radius 2 is 1.79 bits per heavy atom. The van der Waals surface area contributed by atoms with E-state index >= 15 is 0 Å². The van der Waals surface area contributed by atoms with E-state index in [0.29, 0.717) is 23.6 Å². The molecule has 0 unspecified atom stereocenters. The van der Waals surface area contributed by atoms with Gasteiger partial charge >= 0.3 is 0 Å². The molecule has 0 radical (unpaired) electrons. The minimum Gasteiger partial charge on any atom is -0.394 e. The van der Waals surface area contributed by atoms with E-state index in [1.165, 1.54) is 11.1 Å². The maximum Gasteiger partial charge on any atom is 0.258 e. The quantitative estimate of drug-likeness (QED) is 0.643. The van der Waals surface area contributed by atoms with E-state index in [1.54, 1.807) is 0 Å². The monoisotopic (exact) mass is 391 g/mol. The lowest BCUT2D eigenvalue weighted by molar-refractivity contribution is 0.198. The Hall–Kier alpha value is -2.50. The van der Waals surface area contributed by atoms with Gasteiger partial charge < -0.3 is 15.4 Å². The summed E-state index contributed by atoms with van der Waals surface area (Å²) in [5.74, 6) is 2.15. The number of benzene rings is 2. The van der Waals surface area contributed by atoms with E-state index < -0.39 is 5.54 Å². The average molecular weight is 392 g/mol. The van der Waals surface area contributed by atoms with E-state index in [-0.39, 0.29) is 6.61 Å². The van der Waals surface area contributed by atoms with Crippen LogP contribution in [-0.2, 0) is 6.42 Å². The molecular weight excluding hydrogens is 362 g/mol. The van der Waals surface area contributed by atoms with Crippen molar-refractivity contribution >= 4 is 0 Å². The average Bonchev–Trinajstić information content (AvgIpc) is 3.36. The summed E-state index contributed by atoms with van der Waals surface area (Å²) in [7, 11) is 0. The van der Waals surface area contributed by atoms with Crippen molar-refractivity contribution in [1.29, 1.82) is 0 Å². The molecule has 3 N–H and O–H groups in total. The second kappa shape index (κ2) is 8.09. The molecule has 2 atom stereocenters. The lowest BCUT2D eigenvalue weighted by Gasteiger charge is -2.20. The van der Waals surface area contributed by atoms with Gasteiger partial charge in [-0.1, -0.05) is 55.4 Å². The van der Waals surface area contributed by atoms with Crippen LogP contribution in [0.15, 0.2) is 53.1 Å². The molecule has 1 aliphatic carbocycles. The van der Waals surface area contributed by atoms with Crippen LogP contribution in [0.1, 0.15) is 50.2 Å². The van der Waals surface area contributed by atoms with Gasteiger partial charge in [0.05, 0.1) is 6.61 Å². The van der Waals surface area contributed by atoms with Crippen LogP contribution in [0.25, 0.3) is 22.8 Å². The third kappa shape index (κ3) is 4.41. The van der Waals surface area contributed by atoms with Crippen LogP contribution in [0, 0.1) is 5.92 Å². The molecule has 1 heterocycles. The van der Waals surface area contributed by atoms with Gasteiger partial charge in [-0.15, -0.1) is 0 Å². The Morgan fingerprint density at radius 3 is 2.41 bits per heavy atom. The summed E-state index contributed by atoms with van der Waals surface area (Å²) in [6.07, 6.45) is 3.75. The molecule has 2 aromatic carbocycles. The SMILES string of the molecule is CC(C)Cc1ccc(-c2nc(-c3ccc([C@@H]4CC[C@](N)(CO)C4)cc3)no2)cc1. The zero-order valence-corrected chi connectivity index (χ0v) is 17.1. The zero-order valence-electron chi connectivity index (χ0n) is 17.1. The van der Waals surface area contributed by atoms with Crippen LogP contribution >= 0.6 is 0 Å². The molecular formula is C24H29N3O2. The number of rotatable bonds is 6. The summed E-state index contributed by atoms with van der Waals surface area (Å²) >= 11 is 0. The standard InChI is InChI=1S/C24H29N3O2/c1-16(2)13-17-3-5-20(6-4-17)23-26-22(27-29-23)19-9-7-18(8-10-19)21-11-12-24(25,14-21)15-28/h3-10,16,21,28H,11-15,25H2,1-2H3/t21-,24-/m1/s1. The van der Waals surface area contributed by atoms with Crippen molar-refractivity contribution in [3.63, 3.8) is 0 Å². The molecule has 5 heteroatoms. The molecule has 1 aromatic heterocycles. The van der Waals surface area contributed by atoms with E-state index in [9.17, 15) is 5.11 Å². The first-order valence-electron chi connectivity index (χ1n) is 10.4. The Labute approximate surface area is 172 Å². The minimum atomic E-state index is -0.434. The predicted molar refractivity (Wildman–Crippen MR) is 114 cm³/mol. The van der Waals surface area contributed by atoms with Crippen molar-refractivity contribution in [1.82, 2.24) is 10.1 Å². The Balaban J connectivity index is 1.47. The highest BCUT2D eigenvalue weighted by Gasteiger charge is 2.35. The molecule has 1 saturated carbocycles. The first-order chi connectivity index (χ1) is 14.0. The number of aliphatic hydroxyl groups is 1. The highest BCUT2D eigenvalue weighted by Crippen LogP contribution is 2.39. The van der Waals surface area contributed by atoms with Gasteiger partial charge in [-0.2, -0.15) is 4.98 Å². The van der Waals surface area contributed by atoms with Crippen molar-refractivity contribution in [3.8, 4) is 22.8 Å². The lowest BCUT2D eigenvalue weighted by atomic mass is 9.93. The van der Waals surface area contributed by atoms with Crippen molar-refractivity contribution < 1.29 is 9.63 Å². The minimum absolute atomic E-state index is 0.0473.